The highest BCUT2D eigenvalue weighted by Crippen LogP contribution is 2.48. The number of esters is 1. The third-order valence-corrected chi connectivity index (χ3v) is 7.45. The molecule has 5 heteroatoms. The second kappa shape index (κ2) is 12.1. The summed E-state index contributed by atoms with van der Waals surface area (Å²) >= 11 is 6.52. The molecule has 2 fully saturated rings. The number of aliphatic hydroxyl groups excluding tert-OH is 2. The number of carbonyl (C=O) groups is 1. The van der Waals surface area contributed by atoms with Gasteiger partial charge in [0, 0.05) is 17.7 Å². The third kappa shape index (κ3) is 6.83. The standard InChI is InChI=1S/C24H39ClO4/c1-3-14-24(15-9-16-24)22(27)12-8-11-19-18(20(25)17-21(19)26)10-6-4-5-7-13-23(28)29-2/h4,6,8,11,18-22,26-27H,3,5,7,9-10,12-17H2,1-2H3/t18-,19-,20?,21?,22?/m1/s1. The molecule has 0 amide bonds. The van der Waals surface area contributed by atoms with Gasteiger partial charge in [0.05, 0.1) is 19.3 Å². The number of rotatable bonds is 12. The van der Waals surface area contributed by atoms with Crippen LogP contribution in [-0.2, 0) is 9.53 Å². The number of halogens is 1. The van der Waals surface area contributed by atoms with Crippen LogP contribution in [0.2, 0.25) is 0 Å². The van der Waals surface area contributed by atoms with Crippen molar-refractivity contribution < 1.29 is 19.7 Å². The lowest BCUT2D eigenvalue weighted by molar-refractivity contribution is -0.140. The molecule has 0 aliphatic heterocycles. The predicted octanol–water partition coefficient (Wildman–Crippen LogP) is 5.16. The highest BCUT2D eigenvalue weighted by molar-refractivity contribution is 6.21. The van der Waals surface area contributed by atoms with Crippen LogP contribution in [0.3, 0.4) is 0 Å². The van der Waals surface area contributed by atoms with E-state index in [4.69, 9.17) is 11.6 Å². The maximum atomic E-state index is 11.1. The van der Waals surface area contributed by atoms with Gasteiger partial charge in [0.15, 0.2) is 0 Å². The Morgan fingerprint density at radius 3 is 2.69 bits per heavy atom. The van der Waals surface area contributed by atoms with E-state index in [0.29, 0.717) is 19.3 Å². The Labute approximate surface area is 181 Å². The Hall–Kier alpha value is -0.840. The van der Waals surface area contributed by atoms with E-state index in [0.717, 1.165) is 44.9 Å². The van der Waals surface area contributed by atoms with Gasteiger partial charge < -0.3 is 14.9 Å². The first-order valence-corrected chi connectivity index (χ1v) is 11.8. The molecule has 0 spiro atoms. The number of aliphatic hydroxyl groups is 2. The first-order chi connectivity index (χ1) is 13.9. The second-order valence-corrected chi connectivity index (χ2v) is 9.44. The summed E-state index contributed by atoms with van der Waals surface area (Å²) < 4.78 is 4.64. The van der Waals surface area contributed by atoms with Crippen LogP contribution in [0, 0.1) is 17.3 Å². The van der Waals surface area contributed by atoms with Gasteiger partial charge in [-0.3, -0.25) is 4.79 Å². The summed E-state index contributed by atoms with van der Waals surface area (Å²) in [5.41, 5.74) is 0.120. The molecule has 29 heavy (non-hydrogen) atoms. The number of ether oxygens (including phenoxy) is 1. The number of carbonyl (C=O) groups excluding carboxylic acids is 1. The van der Waals surface area contributed by atoms with Crippen LogP contribution in [0.1, 0.15) is 77.6 Å². The molecule has 166 valence electrons. The summed E-state index contributed by atoms with van der Waals surface area (Å²) in [6.07, 6.45) is 17.5. The Kier molecular flexibility index (Phi) is 10.2. The number of alkyl halides is 1. The van der Waals surface area contributed by atoms with Gasteiger partial charge in [0.1, 0.15) is 0 Å². The van der Waals surface area contributed by atoms with Crippen LogP contribution >= 0.6 is 11.6 Å². The highest BCUT2D eigenvalue weighted by Gasteiger charge is 2.42. The zero-order valence-electron chi connectivity index (χ0n) is 18.1. The molecule has 2 rings (SSSR count). The first-order valence-electron chi connectivity index (χ1n) is 11.3. The summed E-state index contributed by atoms with van der Waals surface area (Å²) in [6.45, 7) is 2.19. The fourth-order valence-corrected chi connectivity index (χ4v) is 5.45. The average molecular weight is 427 g/mol. The van der Waals surface area contributed by atoms with Crippen LogP contribution in [0.5, 0.6) is 0 Å². The lowest BCUT2D eigenvalue weighted by Gasteiger charge is -2.45. The Morgan fingerprint density at radius 1 is 1.31 bits per heavy atom. The van der Waals surface area contributed by atoms with E-state index in [1.807, 2.05) is 0 Å². The second-order valence-electron chi connectivity index (χ2n) is 8.88. The fourth-order valence-electron chi connectivity index (χ4n) is 5.00. The Balaban J connectivity index is 1.82. The minimum absolute atomic E-state index is 0.0351. The van der Waals surface area contributed by atoms with E-state index in [9.17, 15) is 15.0 Å². The van der Waals surface area contributed by atoms with Crippen molar-refractivity contribution in [3.63, 3.8) is 0 Å². The molecule has 5 atom stereocenters. The SMILES string of the molecule is CCCC1(C(O)CC=C[C@H]2C(O)CC(Cl)[C@@H]2CC=CCCCC(=O)OC)CCC1. The molecule has 0 aromatic carbocycles. The Morgan fingerprint density at radius 2 is 2.07 bits per heavy atom. The maximum Gasteiger partial charge on any atom is 0.305 e. The lowest BCUT2D eigenvalue weighted by atomic mass is 9.62. The molecule has 3 unspecified atom stereocenters. The minimum atomic E-state index is -0.420. The number of allylic oxidation sites excluding steroid dienone is 2. The number of methoxy groups -OCH3 is 1. The van der Waals surface area contributed by atoms with Crippen molar-refractivity contribution in [2.45, 2.75) is 95.1 Å². The largest absolute Gasteiger partial charge is 0.469 e. The molecule has 2 aliphatic rings. The average Bonchev–Trinajstić information content (AvgIpc) is 2.93. The first kappa shape index (κ1) is 24.4. The molecule has 0 saturated heterocycles. The molecular weight excluding hydrogens is 388 g/mol. The van der Waals surface area contributed by atoms with E-state index >= 15 is 0 Å². The van der Waals surface area contributed by atoms with Gasteiger partial charge in [-0.15, -0.1) is 11.6 Å². The predicted molar refractivity (Wildman–Crippen MR) is 118 cm³/mol. The Bertz CT molecular complexity index is 555. The van der Waals surface area contributed by atoms with Gasteiger partial charge in [-0.1, -0.05) is 44.1 Å². The van der Waals surface area contributed by atoms with Crippen LogP contribution in [0.25, 0.3) is 0 Å². The molecule has 2 aliphatic carbocycles. The number of unbranched alkanes of at least 4 members (excludes halogenated alkanes) is 1. The highest BCUT2D eigenvalue weighted by atomic mass is 35.5. The summed E-state index contributed by atoms with van der Waals surface area (Å²) in [5, 5.41) is 21.1. The zero-order valence-corrected chi connectivity index (χ0v) is 18.8. The van der Waals surface area contributed by atoms with Crippen molar-refractivity contribution in [2.75, 3.05) is 7.11 Å². The van der Waals surface area contributed by atoms with Gasteiger partial charge in [-0.2, -0.15) is 0 Å². The molecule has 4 nitrogen and oxygen atoms in total. The summed E-state index contributed by atoms with van der Waals surface area (Å²) in [7, 11) is 1.41. The molecule has 0 aromatic rings. The molecule has 2 N–H and O–H groups in total. The molecule has 2 saturated carbocycles. The number of hydrogen-bond donors (Lipinski definition) is 2. The topological polar surface area (TPSA) is 66.8 Å². The van der Waals surface area contributed by atoms with Gasteiger partial charge >= 0.3 is 5.97 Å². The van der Waals surface area contributed by atoms with E-state index < -0.39 is 6.10 Å². The number of hydrogen-bond acceptors (Lipinski definition) is 4. The summed E-state index contributed by atoms with van der Waals surface area (Å²) in [4.78, 5) is 11.1. The lowest BCUT2D eigenvalue weighted by Crippen LogP contribution is -2.41. The minimum Gasteiger partial charge on any atom is -0.469 e. The summed E-state index contributed by atoms with van der Waals surface area (Å²) in [5.74, 6) is 0.0614. The van der Waals surface area contributed by atoms with Gasteiger partial charge in [0.2, 0.25) is 0 Å². The zero-order chi connectivity index (χ0) is 21.3. The van der Waals surface area contributed by atoms with Crippen LogP contribution in [0.4, 0.5) is 0 Å². The molecule has 0 aromatic heterocycles. The smallest absolute Gasteiger partial charge is 0.305 e. The molecule has 0 radical (unpaired) electrons. The van der Waals surface area contributed by atoms with Gasteiger partial charge in [-0.05, 0) is 62.7 Å². The van der Waals surface area contributed by atoms with E-state index in [-0.39, 0.29) is 34.7 Å². The summed E-state index contributed by atoms with van der Waals surface area (Å²) in [6, 6.07) is 0. The van der Waals surface area contributed by atoms with Crippen molar-refractivity contribution in [3.05, 3.63) is 24.3 Å². The van der Waals surface area contributed by atoms with Crippen molar-refractivity contribution in [2.24, 2.45) is 17.3 Å². The van der Waals surface area contributed by atoms with E-state index in [2.05, 4.69) is 36.0 Å². The molecule has 0 bridgehead atoms. The fraction of sp³-hybridized carbons (Fsp3) is 0.792. The van der Waals surface area contributed by atoms with Crippen molar-refractivity contribution in [1.29, 1.82) is 0 Å². The van der Waals surface area contributed by atoms with E-state index in [1.165, 1.54) is 13.5 Å². The van der Waals surface area contributed by atoms with Crippen LogP contribution in [0.15, 0.2) is 24.3 Å². The van der Waals surface area contributed by atoms with Gasteiger partial charge in [0.25, 0.3) is 0 Å². The quantitative estimate of drug-likeness (QED) is 0.196. The van der Waals surface area contributed by atoms with Crippen molar-refractivity contribution in [1.82, 2.24) is 0 Å². The monoisotopic (exact) mass is 426 g/mol. The molecule has 0 heterocycles. The molecular formula is C24H39ClO4. The van der Waals surface area contributed by atoms with Crippen molar-refractivity contribution in [3.8, 4) is 0 Å². The van der Waals surface area contributed by atoms with Crippen LogP contribution in [-0.4, -0.2) is 40.9 Å². The normalized spacial score (nSPS) is 30.0. The third-order valence-electron chi connectivity index (χ3n) is 6.95. The van der Waals surface area contributed by atoms with Gasteiger partial charge in [-0.25, -0.2) is 0 Å². The van der Waals surface area contributed by atoms with Crippen molar-refractivity contribution >= 4 is 17.6 Å². The van der Waals surface area contributed by atoms with Crippen LogP contribution < -0.4 is 0 Å². The maximum absolute atomic E-state index is 11.1. The van der Waals surface area contributed by atoms with E-state index in [1.54, 1.807) is 0 Å².